The lowest BCUT2D eigenvalue weighted by Gasteiger charge is -2.30. The summed E-state index contributed by atoms with van der Waals surface area (Å²) >= 11 is 0. The maximum absolute atomic E-state index is 11.9. The minimum Gasteiger partial charge on any atom is -0.314 e. The van der Waals surface area contributed by atoms with Crippen LogP contribution in [0.2, 0.25) is 0 Å². The molecule has 0 bridgehead atoms. The number of carbonyl (C=O) groups excluding carboxylic acids is 1. The lowest BCUT2D eigenvalue weighted by Crippen LogP contribution is -2.54. The van der Waals surface area contributed by atoms with Gasteiger partial charge in [-0.05, 0) is 6.42 Å². The molecule has 0 saturated carbocycles. The van der Waals surface area contributed by atoms with Crippen molar-refractivity contribution in [1.29, 1.82) is 0 Å². The smallest absolute Gasteiger partial charge is 0.157 e. The lowest BCUT2D eigenvalue weighted by molar-refractivity contribution is -0.118. The summed E-state index contributed by atoms with van der Waals surface area (Å²) in [4.78, 5) is 11.3. The number of Topliss-reactive ketones (excluding diaryl/α,β-unsaturated/α-hetero) is 1. The Hall–Kier alpha value is -0.460. The molecule has 2 rings (SSSR count). The van der Waals surface area contributed by atoms with Gasteiger partial charge >= 0.3 is 0 Å². The summed E-state index contributed by atoms with van der Waals surface area (Å²) in [6, 6.07) is -0.0655. The lowest BCUT2D eigenvalue weighted by atomic mass is 10.1. The Labute approximate surface area is 95.9 Å². The molecule has 2 atom stereocenters. The Morgan fingerprint density at radius 1 is 1.19 bits per heavy atom. The molecule has 5 nitrogen and oxygen atoms in total. The molecule has 0 amide bonds. The fourth-order valence-electron chi connectivity index (χ4n) is 2.39. The van der Waals surface area contributed by atoms with Gasteiger partial charge in [0.05, 0.1) is 11.0 Å². The van der Waals surface area contributed by atoms with Crippen molar-refractivity contribution < 1.29 is 13.2 Å². The van der Waals surface area contributed by atoms with Gasteiger partial charge in [0.2, 0.25) is 0 Å². The summed E-state index contributed by atoms with van der Waals surface area (Å²) in [6.07, 6.45) is 1.67. The summed E-state index contributed by atoms with van der Waals surface area (Å²) in [5.74, 6) is 0.445. The third-order valence-corrected chi connectivity index (χ3v) is 5.55. The minimum atomic E-state index is -2.99. The molecule has 0 aromatic carbocycles. The molecule has 0 aromatic heterocycles. The zero-order chi connectivity index (χ0) is 11.6. The first-order valence-corrected chi connectivity index (χ1v) is 7.48. The van der Waals surface area contributed by atoms with Gasteiger partial charge in [-0.3, -0.25) is 4.79 Å². The molecule has 0 spiro atoms. The molecule has 2 unspecified atom stereocenters. The van der Waals surface area contributed by atoms with Crippen LogP contribution in [0.3, 0.4) is 0 Å². The minimum absolute atomic E-state index is 0.0655. The summed E-state index contributed by atoms with van der Waals surface area (Å²) in [6.45, 7) is 1.66. The van der Waals surface area contributed by atoms with Crippen molar-refractivity contribution in [3.63, 3.8) is 0 Å². The molecule has 0 aliphatic carbocycles. The van der Waals surface area contributed by atoms with Gasteiger partial charge in [0.25, 0.3) is 0 Å². The van der Waals surface area contributed by atoms with E-state index >= 15 is 0 Å². The monoisotopic (exact) mass is 246 g/mol. The van der Waals surface area contributed by atoms with Gasteiger partial charge in [-0.1, -0.05) is 0 Å². The van der Waals surface area contributed by atoms with Crippen molar-refractivity contribution in [3.8, 4) is 0 Å². The highest BCUT2D eigenvalue weighted by Gasteiger charge is 2.36. The van der Waals surface area contributed by atoms with Gasteiger partial charge in [-0.15, -0.1) is 0 Å². The molecule has 2 heterocycles. The number of carbonyl (C=O) groups is 1. The van der Waals surface area contributed by atoms with E-state index in [0.717, 1.165) is 0 Å². The van der Waals surface area contributed by atoms with Crippen molar-refractivity contribution in [2.75, 3.05) is 25.4 Å². The number of rotatable bonds is 1. The van der Waals surface area contributed by atoms with Crippen LogP contribution in [0, 0.1) is 0 Å². The SMILES string of the molecule is O=C1CCNC(C2CNCCS2(=O)=O)CC1. The Bertz CT molecular complexity index is 366. The van der Waals surface area contributed by atoms with Crippen LogP contribution in [0.4, 0.5) is 0 Å². The molecule has 2 aliphatic rings. The number of hydrogen-bond donors (Lipinski definition) is 2. The average Bonchev–Trinajstić information content (AvgIpc) is 2.43. The van der Waals surface area contributed by atoms with E-state index in [9.17, 15) is 13.2 Å². The standard InChI is InChI=1S/C10H18N2O3S/c13-8-1-2-9(12-4-3-8)10-7-11-5-6-16(10,14)15/h9-12H,1-7H2. The maximum atomic E-state index is 11.9. The van der Waals surface area contributed by atoms with Crippen LogP contribution in [0.1, 0.15) is 19.3 Å². The van der Waals surface area contributed by atoms with E-state index in [2.05, 4.69) is 10.6 Å². The molecular weight excluding hydrogens is 228 g/mol. The topological polar surface area (TPSA) is 75.3 Å². The van der Waals surface area contributed by atoms with Crippen molar-refractivity contribution in [2.24, 2.45) is 0 Å². The highest BCUT2D eigenvalue weighted by atomic mass is 32.2. The van der Waals surface area contributed by atoms with E-state index in [-0.39, 0.29) is 22.8 Å². The van der Waals surface area contributed by atoms with Gasteiger partial charge in [-0.25, -0.2) is 8.42 Å². The Kier molecular flexibility index (Phi) is 3.61. The number of hydrogen-bond acceptors (Lipinski definition) is 5. The van der Waals surface area contributed by atoms with Gasteiger partial charge < -0.3 is 10.6 Å². The van der Waals surface area contributed by atoms with E-state index in [0.29, 0.717) is 38.9 Å². The molecule has 0 radical (unpaired) electrons. The summed E-state index contributed by atoms with van der Waals surface area (Å²) in [7, 11) is -2.99. The van der Waals surface area contributed by atoms with Gasteiger partial charge in [-0.2, -0.15) is 0 Å². The largest absolute Gasteiger partial charge is 0.314 e. The second-order valence-corrected chi connectivity index (χ2v) is 6.84. The normalized spacial score (nSPS) is 35.6. The van der Waals surface area contributed by atoms with Crippen LogP contribution in [0.15, 0.2) is 0 Å². The summed E-state index contributed by atoms with van der Waals surface area (Å²) in [5, 5.41) is 5.94. The van der Waals surface area contributed by atoms with Crippen LogP contribution < -0.4 is 10.6 Å². The summed E-state index contributed by atoms with van der Waals surface area (Å²) in [5.41, 5.74) is 0. The third kappa shape index (κ3) is 2.61. The van der Waals surface area contributed by atoms with E-state index in [1.165, 1.54) is 0 Å². The molecule has 2 aliphatic heterocycles. The van der Waals surface area contributed by atoms with Gasteiger partial charge in [0, 0.05) is 38.5 Å². The zero-order valence-corrected chi connectivity index (χ0v) is 10.1. The first kappa shape index (κ1) is 12.0. The van der Waals surface area contributed by atoms with Crippen LogP contribution in [-0.4, -0.2) is 50.9 Å². The number of nitrogens with one attached hydrogen (secondary N) is 2. The third-order valence-electron chi connectivity index (χ3n) is 3.36. The Balaban J connectivity index is 2.07. The second-order valence-electron chi connectivity index (χ2n) is 4.50. The van der Waals surface area contributed by atoms with Crippen LogP contribution >= 0.6 is 0 Å². The fraction of sp³-hybridized carbons (Fsp3) is 0.900. The molecule has 2 fully saturated rings. The van der Waals surface area contributed by atoms with E-state index in [1.54, 1.807) is 0 Å². The Morgan fingerprint density at radius 3 is 2.75 bits per heavy atom. The summed E-state index contributed by atoms with van der Waals surface area (Å²) < 4.78 is 23.8. The molecular formula is C10H18N2O3S. The second kappa shape index (κ2) is 4.81. The molecule has 2 saturated heterocycles. The van der Waals surface area contributed by atoms with Crippen molar-refractivity contribution in [2.45, 2.75) is 30.6 Å². The van der Waals surface area contributed by atoms with Crippen LogP contribution in [0.5, 0.6) is 0 Å². The molecule has 2 N–H and O–H groups in total. The Morgan fingerprint density at radius 2 is 2.00 bits per heavy atom. The molecule has 0 aromatic rings. The number of sulfone groups is 1. The fourth-order valence-corrected chi connectivity index (χ4v) is 4.22. The van der Waals surface area contributed by atoms with Gasteiger partial charge in [0.1, 0.15) is 5.78 Å². The quantitative estimate of drug-likeness (QED) is 0.626. The number of ketones is 1. The zero-order valence-electron chi connectivity index (χ0n) is 9.24. The predicted octanol–water partition coefficient (Wildman–Crippen LogP) is -0.916. The van der Waals surface area contributed by atoms with Crippen LogP contribution in [-0.2, 0) is 14.6 Å². The predicted molar refractivity (Wildman–Crippen MR) is 61.1 cm³/mol. The first-order chi connectivity index (χ1) is 7.59. The maximum Gasteiger partial charge on any atom is 0.157 e. The highest BCUT2D eigenvalue weighted by Crippen LogP contribution is 2.17. The van der Waals surface area contributed by atoms with Crippen molar-refractivity contribution >= 4 is 15.6 Å². The average molecular weight is 246 g/mol. The van der Waals surface area contributed by atoms with E-state index < -0.39 is 9.84 Å². The van der Waals surface area contributed by atoms with E-state index in [4.69, 9.17) is 0 Å². The van der Waals surface area contributed by atoms with E-state index in [1.807, 2.05) is 0 Å². The van der Waals surface area contributed by atoms with Gasteiger partial charge in [0.15, 0.2) is 9.84 Å². The van der Waals surface area contributed by atoms with Crippen molar-refractivity contribution in [3.05, 3.63) is 0 Å². The molecule has 16 heavy (non-hydrogen) atoms. The van der Waals surface area contributed by atoms with Crippen molar-refractivity contribution in [1.82, 2.24) is 10.6 Å². The molecule has 92 valence electrons. The molecule has 6 heteroatoms. The highest BCUT2D eigenvalue weighted by molar-refractivity contribution is 7.92. The van der Waals surface area contributed by atoms with Crippen LogP contribution in [0.25, 0.3) is 0 Å². The first-order valence-electron chi connectivity index (χ1n) is 5.77.